The number of amides is 1. The van der Waals surface area contributed by atoms with Gasteiger partial charge in [0.05, 0.1) is 13.0 Å². The van der Waals surface area contributed by atoms with Gasteiger partial charge < -0.3 is 20.8 Å². The molecule has 1 aromatic heterocycles. The van der Waals surface area contributed by atoms with Crippen molar-refractivity contribution in [1.29, 1.82) is 0 Å². The van der Waals surface area contributed by atoms with Crippen molar-refractivity contribution in [1.82, 2.24) is 20.1 Å². The lowest BCUT2D eigenvalue weighted by Crippen LogP contribution is -2.29. The SMILES string of the molecule is CCn1cnnc1CNC(=O)CC(N)=NO. The van der Waals surface area contributed by atoms with Crippen molar-refractivity contribution in [2.45, 2.75) is 26.4 Å². The van der Waals surface area contributed by atoms with Gasteiger partial charge in [-0.05, 0) is 6.92 Å². The van der Waals surface area contributed by atoms with Crippen LogP contribution in [0.4, 0.5) is 0 Å². The standard InChI is InChI=1S/C8H14N6O2/c1-2-14-5-11-12-7(14)4-10-8(15)3-6(9)13-16/h5,16H,2-4H2,1H3,(H2,9,13)(H,10,15). The van der Waals surface area contributed by atoms with E-state index in [4.69, 9.17) is 10.9 Å². The average molecular weight is 226 g/mol. The fourth-order valence-corrected chi connectivity index (χ4v) is 1.12. The lowest BCUT2D eigenvalue weighted by atomic mass is 10.3. The van der Waals surface area contributed by atoms with Crippen molar-refractivity contribution in [2.24, 2.45) is 10.9 Å². The molecule has 0 aliphatic carbocycles. The van der Waals surface area contributed by atoms with E-state index in [0.29, 0.717) is 5.82 Å². The monoisotopic (exact) mass is 226 g/mol. The van der Waals surface area contributed by atoms with Gasteiger partial charge in [-0.1, -0.05) is 5.16 Å². The quantitative estimate of drug-likeness (QED) is 0.259. The number of hydrogen-bond donors (Lipinski definition) is 3. The van der Waals surface area contributed by atoms with Gasteiger partial charge in [-0.3, -0.25) is 4.79 Å². The van der Waals surface area contributed by atoms with E-state index in [-0.39, 0.29) is 24.7 Å². The van der Waals surface area contributed by atoms with Crippen molar-refractivity contribution in [3.63, 3.8) is 0 Å². The van der Waals surface area contributed by atoms with Crippen LogP contribution in [0.25, 0.3) is 0 Å². The Morgan fingerprint density at radius 3 is 3.12 bits per heavy atom. The van der Waals surface area contributed by atoms with E-state index in [2.05, 4.69) is 20.7 Å². The summed E-state index contributed by atoms with van der Waals surface area (Å²) >= 11 is 0. The molecule has 0 radical (unpaired) electrons. The largest absolute Gasteiger partial charge is 0.409 e. The first-order valence-electron chi connectivity index (χ1n) is 4.77. The highest BCUT2D eigenvalue weighted by molar-refractivity contribution is 5.98. The van der Waals surface area contributed by atoms with Gasteiger partial charge in [-0.2, -0.15) is 0 Å². The third-order valence-electron chi connectivity index (χ3n) is 1.95. The Bertz CT molecular complexity index is 386. The zero-order valence-electron chi connectivity index (χ0n) is 8.92. The van der Waals surface area contributed by atoms with E-state index in [1.807, 2.05) is 11.5 Å². The van der Waals surface area contributed by atoms with Crippen LogP contribution in [-0.4, -0.2) is 31.7 Å². The summed E-state index contributed by atoms with van der Waals surface area (Å²) in [5, 5.41) is 21.1. The zero-order valence-corrected chi connectivity index (χ0v) is 8.92. The van der Waals surface area contributed by atoms with Crippen LogP contribution in [-0.2, 0) is 17.9 Å². The van der Waals surface area contributed by atoms with Crippen LogP contribution in [0.5, 0.6) is 0 Å². The Labute approximate surface area is 92.1 Å². The van der Waals surface area contributed by atoms with Gasteiger partial charge in [0.1, 0.15) is 12.2 Å². The van der Waals surface area contributed by atoms with Crippen LogP contribution < -0.4 is 11.1 Å². The maximum Gasteiger partial charge on any atom is 0.228 e. The first-order chi connectivity index (χ1) is 7.67. The molecule has 0 aliphatic rings. The average Bonchev–Trinajstić information content (AvgIpc) is 2.73. The summed E-state index contributed by atoms with van der Waals surface area (Å²) in [4.78, 5) is 11.3. The Morgan fingerprint density at radius 2 is 2.50 bits per heavy atom. The highest BCUT2D eigenvalue weighted by atomic mass is 16.4. The van der Waals surface area contributed by atoms with Gasteiger partial charge >= 0.3 is 0 Å². The van der Waals surface area contributed by atoms with Crippen molar-refractivity contribution in [2.75, 3.05) is 0 Å². The van der Waals surface area contributed by atoms with Crippen LogP contribution >= 0.6 is 0 Å². The molecule has 16 heavy (non-hydrogen) atoms. The molecule has 0 saturated heterocycles. The number of carbonyl (C=O) groups excluding carboxylic acids is 1. The molecule has 1 heterocycles. The van der Waals surface area contributed by atoms with Crippen LogP contribution in [0.15, 0.2) is 11.5 Å². The summed E-state index contributed by atoms with van der Waals surface area (Å²) in [6, 6.07) is 0. The Balaban J connectivity index is 2.43. The van der Waals surface area contributed by atoms with Gasteiger partial charge in [0, 0.05) is 6.54 Å². The van der Waals surface area contributed by atoms with E-state index in [1.165, 1.54) is 0 Å². The molecular formula is C8H14N6O2. The fraction of sp³-hybridized carbons (Fsp3) is 0.500. The summed E-state index contributed by atoms with van der Waals surface area (Å²) < 4.78 is 1.81. The number of nitrogens with zero attached hydrogens (tertiary/aromatic N) is 4. The number of hydrogen-bond acceptors (Lipinski definition) is 5. The predicted molar refractivity (Wildman–Crippen MR) is 55.6 cm³/mol. The highest BCUT2D eigenvalue weighted by Crippen LogP contribution is 1.94. The van der Waals surface area contributed by atoms with Crippen LogP contribution in [0, 0.1) is 0 Å². The van der Waals surface area contributed by atoms with Crippen molar-refractivity contribution < 1.29 is 10.0 Å². The van der Waals surface area contributed by atoms with Crippen LogP contribution in [0.3, 0.4) is 0 Å². The topological polar surface area (TPSA) is 118 Å². The number of aryl methyl sites for hydroxylation is 1. The molecule has 0 aliphatic heterocycles. The number of nitrogens with one attached hydrogen (secondary N) is 1. The summed E-state index contributed by atoms with van der Waals surface area (Å²) in [6.45, 7) is 2.95. The first kappa shape index (κ1) is 12.0. The van der Waals surface area contributed by atoms with E-state index in [1.54, 1.807) is 6.33 Å². The third kappa shape index (κ3) is 3.23. The minimum atomic E-state index is -0.332. The minimum absolute atomic E-state index is 0.130. The van der Waals surface area contributed by atoms with E-state index < -0.39 is 0 Å². The molecule has 8 heteroatoms. The Hall–Kier alpha value is -2.12. The minimum Gasteiger partial charge on any atom is -0.409 e. The van der Waals surface area contributed by atoms with Gasteiger partial charge in [0.25, 0.3) is 0 Å². The normalized spacial score (nSPS) is 11.4. The summed E-state index contributed by atoms with van der Waals surface area (Å²) in [6.07, 6.45) is 1.45. The van der Waals surface area contributed by atoms with E-state index in [9.17, 15) is 4.79 Å². The molecule has 0 saturated carbocycles. The molecule has 0 atom stereocenters. The number of carbonyl (C=O) groups is 1. The van der Waals surface area contributed by atoms with E-state index in [0.717, 1.165) is 6.54 Å². The summed E-state index contributed by atoms with van der Waals surface area (Å²) in [5.74, 6) is 0.200. The molecule has 8 nitrogen and oxygen atoms in total. The second kappa shape index (κ2) is 5.69. The molecule has 0 bridgehead atoms. The highest BCUT2D eigenvalue weighted by Gasteiger charge is 2.07. The smallest absolute Gasteiger partial charge is 0.228 e. The number of rotatable bonds is 5. The second-order valence-electron chi connectivity index (χ2n) is 3.08. The molecule has 0 spiro atoms. The molecule has 1 aromatic rings. The lowest BCUT2D eigenvalue weighted by molar-refractivity contribution is -0.120. The second-order valence-corrected chi connectivity index (χ2v) is 3.08. The van der Waals surface area contributed by atoms with Crippen molar-refractivity contribution >= 4 is 11.7 Å². The summed E-state index contributed by atoms with van der Waals surface area (Å²) in [7, 11) is 0. The van der Waals surface area contributed by atoms with Gasteiger partial charge in [-0.15, -0.1) is 10.2 Å². The molecular weight excluding hydrogens is 212 g/mol. The first-order valence-corrected chi connectivity index (χ1v) is 4.77. The van der Waals surface area contributed by atoms with Crippen LogP contribution in [0.2, 0.25) is 0 Å². The Morgan fingerprint density at radius 1 is 1.75 bits per heavy atom. The molecule has 4 N–H and O–H groups in total. The third-order valence-corrected chi connectivity index (χ3v) is 1.95. The maximum absolute atomic E-state index is 11.3. The predicted octanol–water partition coefficient (Wildman–Crippen LogP) is -0.949. The molecule has 1 amide bonds. The van der Waals surface area contributed by atoms with Crippen molar-refractivity contribution in [3.05, 3.63) is 12.2 Å². The zero-order chi connectivity index (χ0) is 12.0. The Kier molecular flexibility index (Phi) is 4.25. The van der Waals surface area contributed by atoms with Crippen LogP contribution in [0.1, 0.15) is 19.2 Å². The molecule has 0 aromatic carbocycles. The fourth-order valence-electron chi connectivity index (χ4n) is 1.12. The lowest BCUT2D eigenvalue weighted by Gasteiger charge is -2.05. The molecule has 0 unspecified atom stereocenters. The molecule has 1 rings (SSSR count). The van der Waals surface area contributed by atoms with Crippen molar-refractivity contribution in [3.8, 4) is 0 Å². The summed E-state index contributed by atoms with van der Waals surface area (Å²) in [5.41, 5.74) is 5.18. The number of nitrogens with two attached hydrogens (primary N) is 1. The van der Waals surface area contributed by atoms with Gasteiger partial charge in [-0.25, -0.2) is 0 Å². The number of amidine groups is 1. The van der Waals surface area contributed by atoms with Gasteiger partial charge in [0.15, 0.2) is 5.82 Å². The maximum atomic E-state index is 11.3. The van der Waals surface area contributed by atoms with Gasteiger partial charge in [0.2, 0.25) is 5.91 Å². The molecule has 0 fully saturated rings. The molecule has 88 valence electrons. The number of oxime groups is 1. The number of aromatic nitrogens is 3. The van der Waals surface area contributed by atoms with E-state index >= 15 is 0 Å².